The summed E-state index contributed by atoms with van der Waals surface area (Å²) >= 11 is 0. The molecule has 0 bridgehead atoms. The van der Waals surface area contributed by atoms with Gasteiger partial charge < -0.3 is 20.5 Å². The number of aromatic nitrogens is 5. The number of fused-ring (bicyclic) bond motifs is 1. The highest BCUT2D eigenvalue weighted by Gasteiger charge is 2.21. The highest BCUT2D eigenvalue weighted by Crippen LogP contribution is 2.32. The molecule has 1 amide bonds. The third-order valence-corrected chi connectivity index (χ3v) is 6.61. The Balaban J connectivity index is 1.20. The number of rotatable bonds is 9. The van der Waals surface area contributed by atoms with E-state index in [1.807, 2.05) is 34.9 Å². The topological polar surface area (TPSA) is 146 Å². The number of para-hydroxylation sites is 1. The molecule has 3 aromatic heterocycles. The summed E-state index contributed by atoms with van der Waals surface area (Å²) in [6, 6.07) is 18.5. The number of anilines is 1. The number of nitrogens with one attached hydrogen (secondary N) is 1. The second kappa shape index (κ2) is 11.5. The molecule has 0 radical (unpaired) electrons. The smallest absolute Gasteiger partial charge is 0.251 e. The first kappa shape index (κ1) is 25.5. The van der Waals surface area contributed by atoms with Crippen LogP contribution in [0.2, 0.25) is 0 Å². The summed E-state index contributed by atoms with van der Waals surface area (Å²) in [6.07, 6.45) is 2.49. The molecule has 0 spiro atoms. The lowest BCUT2D eigenvalue weighted by Crippen LogP contribution is -2.38. The molecule has 0 saturated carbocycles. The Kier molecular flexibility index (Phi) is 7.33. The lowest BCUT2D eigenvalue weighted by molar-refractivity contribution is 0.0374. The summed E-state index contributed by atoms with van der Waals surface area (Å²) in [5.41, 5.74) is 8.99. The summed E-state index contributed by atoms with van der Waals surface area (Å²) in [5, 5.41) is 10.6. The molecule has 2 aromatic carbocycles. The highest BCUT2D eigenvalue weighted by molar-refractivity contribution is 5.94. The summed E-state index contributed by atoms with van der Waals surface area (Å²) in [6.45, 7) is 4.94. The van der Waals surface area contributed by atoms with E-state index >= 15 is 0 Å². The van der Waals surface area contributed by atoms with Crippen LogP contribution >= 0.6 is 0 Å². The van der Waals surface area contributed by atoms with Crippen LogP contribution in [0.5, 0.6) is 11.6 Å². The number of amides is 1. The van der Waals surface area contributed by atoms with Crippen molar-refractivity contribution in [2.75, 3.05) is 45.1 Å². The number of nitrogens with two attached hydrogens (primary N) is 1. The largest absolute Gasteiger partial charge is 0.439 e. The van der Waals surface area contributed by atoms with Gasteiger partial charge in [-0.2, -0.15) is 0 Å². The number of nitrogen functional groups attached to an aromatic ring is 1. The van der Waals surface area contributed by atoms with E-state index in [9.17, 15) is 4.79 Å². The zero-order valence-corrected chi connectivity index (χ0v) is 21.7. The molecule has 1 aliphatic heterocycles. The maximum atomic E-state index is 12.8. The summed E-state index contributed by atoms with van der Waals surface area (Å²) in [5.74, 6) is 1.27. The predicted octanol–water partition coefficient (Wildman–Crippen LogP) is 3.30. The maximum absolute atomic E-state index is 12.8. The number of ether oxygens (including phenoxy) is 2. The Labute approximate surface area is 229 Å². The summed E-state index contributed by atoms with van der Waals surface area (Å²) in [7, 11) is 0. The minimum atomic E-state index is -0.151. The van der Waals surface area contributed by atoms with Crippen LogP contribution in [-0.2, 0) is 4.74 Å². The van der Waals surface area contributed by atoms with Crippen LogP contribution in [0, 0.1) is 0 Å². The second-order valence-corrected chi connectivity index (χ2v) is 9.31. The first-order valence-electron chi connectivity index (χ1n) is 13.0. The van der Waals surface area contributed by atoms with E-state index < -0.39 is 0 Å². The number of pyridine rings is 1. The molecule has 1 fully saturated rings. The number of hydrogen-bond acceptors (Lipinski definition) is 10. The van der Waals surface area contributed by atoms with Crippen LogP contribution in [0.3, 0.4) is 0 Å². The fourth-order valence-electron chi connectivity index (χ4n) is 4.62. The van der Waals surface area contributed by atoms with Gasteiger partial charge >= 0.3 is 0 Å². The first-order valence-corrected chi connectivity index (χ1v) is 13.0. The van der Waals surface area contributed by atoms with E-state index in [0.29, 0.717) is 40.8 Å². The zero-order valence-electron chi connectivity index (χ0n) is 21.7. The first-order chi connectivity index (χ1) is 19.7. The van der Waals surface area contributed by atoms with Crippen LogP contribution in [-0.4, -0.2) is 75.0 Å². The van der Waals surface area contributed by atoms with E-state index in [4.69, 9.17) is 19.8 Å². The number of hydrogen-bond donors (Lipinski definition) is 2. The quantitative estimate of drug-likeness (QED) is 0.267. The molecule has 204 valence electrons. The fourth-order valence-corrected chi connectivity index (χ4v) is 4.62. The summed E-state index contributed by atoms with van der Waals surface area (Å²) < 4.78 is 18.2. The minimum Gasteiger partial charge on any atom is -0.439 e. The van der Waals surface area contributed by atoms with Crippen molar-refractivity contribution < 1.29 is 18.9 Å². The Morgan fingerprint density at radius 1 is 1.05 bits per heavy atom. The van der Waals surface area contributed by atoms with Gasteiger partial charge in [0.05, 0.1) is 24.9 Å². The van der Waals surface area contributed by atoms with Crippen molar-refractivity contribution in [3.63, 3.8) is 0 Å². The molecule has 12 nitrogen and oxygen atoms in total. The molecule has 0 atom stereocenters. The van der Waals surface area contributed by atoms with Crippen molar-refractivity contribution in [2.45, 2.75) is 6.42 Å². The van der Waals surface area contributed by atoms with E-state index in [0.717, 1.165) is 50.5 Å². The number of benzene rings is 2. The van der Waals surface area contributed by atoms with Crippen molar-refractivity contribution >= 4 is 22.8 Å². The van der Waals surface area contributed by atoms with E-state index in [2.05, 4.69) is 30.5 Å². The predicted molar refractivity (Wildman–Crippen MR) is 147 cm³/mol. The maximum Gasteiger partial charge on any atom is 0.251 e. The molecule has 0 aliphatic carbocycles. The zero-order chi connectivity index (χ0) is 27.3. The van der Waals surface area contributed by atoms with Crippen molar-refractivity contribution in [3.05, 3.63) is 72.4 Å². The molecule has 12 heteroatoms. The van der Waals surface area contributed by atoms with Crippen molar-refractivity contribution in [3.8, 4) is 28.8 Å². The van der Waals surface area contributed by atoms with Gasteiger partial charge in [-0.05, 0) is 53.6 Å². The number of imidazole rings is 1. The third kappa shape index (κ3) is 5.48. The average molecular weight is 541 g/mol. The number of morpholine rings is 1. The average Bonchev–Trinajstić information content (AvgIpc) is 3.59. The monoisotopic (exact) mass is 540 g/mol. The Morgan fingerprint density at radius 2 is 1.90 bits per heavy atom. The van der Waals surface area contributed by atoms with Crippen molar-refractivity contribution in [1.29, 1.82) is 0 Å². The van der Waals surface area contributed by atoms with Gasteiger partial charge in [0, 0.05) is 37.0 Å². The molecular weight excluding hydrogens is 512 g/mol. The minimum absolute atomic E-state index is 0.133. The highest BCUT2D eigenvalue weighted by atomic mass is 16.6. The SMILES string of the molecule is Nc1nonc1-c1nc2cnc(Oc3cccc(C(=O)NCCCN4CCOCC4)c3)cc2n1-c1ccccc1. The molecule has 3 N–H and O–H groups in total. The van der Waals surface area contributed by atoms with Gasteiger partial charge in [0.15, 0.2) is 17.3 Å². The number of nitrogens with zero attached hydrogens (tertiary/aromatic N) is 6. The van der Waals surface area contributed by atoms with Crippen LogP contribution in [0.1, 0.15) is 16.8 Å². The second-order valence-electron chi connectivity index (χ2n) is 9.31. The third-order valence-electron chi connectivity index (χ3n) is 6.61. The molecule has 6 rings (SSSR count). The van der Waals surface area contributed by atoms with Gasteiger partial charge in [0.2, 0.25) is 5.88 Å². The van der Waals surface area contributed by atoms with Crippen molar-refractivity contribution in [1.82, 2.24) is 35.1 Å². The van der Waals surface area contributed by atoms with Crippen LogP contribution in [0.25, 0.3) is 28.2 Å². The van der Waals surface area contributed by atoms with Crippen LogP contribution < -0.4 is 15.8 Å². The molecule has 5 aromatic rings. The molecule has 4 heterocycles. The molecule has 1 saturated heterocycles. The standard InChI is InChI=1S/C28H28N8O4/c29-26-25(33-40-34-26)27-32-22-18-31-24(17-23(22)36(27)20-7-2-1-3-8-20)39-21-9-4-6-19(16-21)28(37)30-10-5-11-35-12-14-38-15-13-35/h1-4,6-9,16-18H,5,10-15H2,(H2,29,34)(H,30,37). The van der Waals surface area contributed by atoms with Gasteiger partial charge in [-0.15, -0.1) is 0 Å². The van der Waals surface area contributed by atoms with E-state index in [-0.39, 0.29) is 11.7 Å². The molecule has 1 aliphatic rings. The Bertz CT molecular complexity index is 1610. The lowest BCUT2D eigenvalue weighted by Gasteiger charge is -2.26. The van der Waals surface area contributed by atoms with Gasteiger partial charge in [-0.25, -0.2) is 14.6 Å². The number of carbonyl (C=O) groups excluding carboxylic acids is 1. The van der Waals surface area contributed by atoms with Gasteiger partial charge in [0.1, 0.15) is 11.3 Å². The Hall–Kier alpha value is -4.81. The molecule has 40 heavy (non-hydrogen) atoms. The lowest BCUT2D eigenvalue weighted by atomic mass is 10.2. The number of carbonyl (C=O) groups is 1. The molecule has 0 unspecified atom stereocenters. The Morgan fingerprint density at radius 3 is 2.70 bits per heavy atom. The van der Waals surface area contributed by atoms with E-state index in [1.165, 1.54) is 0 Å². The fraction of sp³-hybridized carbons (Fsp3) is 0.250. The van der Waals surface area contributed by atoms with Crippen molar-refractivity contribution in [2.24, 2.45) is 0 Å². The summed E-state index contributed by atoms with van der Waals surface area (Å²) in [4.78, 5) is 24.2. The van der Waals surface area contributed by atoms with Crippen LogP contribution in [0.15, 0.2) is 71.5 Å². The van der Waals surface area contributed by atoms with Crippen LogP contribution in [0.4, 0.5) is 5.82 Å². The normalized spacial score (nSPS) is 13.9. The van der Waals surface area contributed by atoms with E-state index in [1.54, 1.807) is 36.5 Å². The molecular formula is C28H28N8O4. The van der Waals surface area contributed by atoms with Gasteiger partial charge in [0.25, 0.3) is 5.91 Å². The van der Waals surface area contributed by atoms with Gasteiger partial charge in [-0.1, -0.05) is 24.3 Å². The van der Waals surface area contributed by atoms with Gasteiger partial charge in [-0.3, -0.25) is 14.3 Å².